The Morgan fingerprint density at radius 3 is 2.36 bits per heavy atom. The van der Waals surface area contributed by atoms with Crippen molar-refractivity contribution in [1.82, 2.24) is 4.31 Å². The van der Waals surface area contributed by atoms with Crippen molar-refractivity contribution >= 4 is 21.8 Å². The van der Waals surface area contributed by atoms with Crippen molar-refractivity contribution in [3.63, 3.8) is 0 Å². The Hall–Kier alpha value is 0.260. The van der Waals surface area contributed by atoms with E-state index in [4.69, 9.17) is 0 Å². The molecule has 0 amide bonds. The summed E-state index contributed by atoms with van der Waals surface area (Å²) in [6.07, 6.45) is 3.39. The molecule has 1 heterocycles. The number of nitrogens with zero attached hydrogens (tertiary/aromatic N) is 1. The van der Waals surface area contributed by atoms with Crippen LogP contribution in [-0.2, 0) is 10.0 Å². The lowest BCUT2D eigenvalue weighted by molar-refractivity contribution is 0.355. The summed E-state index contributed by atoms with van der Waals surface area (Å²) in [6, 6.07) is 0. The standard InChI is InChI=1S/C9H19NO2S2/c1-4-9(5-2)8-10(6-7-13-9)14(3,11)12/h4-8H2,1-3H3. The first-order chi connectivity index (χ1) is 6.43. The molecule has 0 aromatic carbocycles. The van der Waals surface area contributed by atoms with Gasteiger partial charge >= 0.3 is 0 Å². The van der Waals surface area contributed by atoms with Gasteiger partial charge in [0.05, 0.1) is 6.26 Å². The molecule has 14 heavy (non-hydrogen) atoms. The van der Waals surface area contributed by atoms with Crippen LogP contribution >= 0.6 is 11.8 Å². The van der Waals surface area contributed by atoms with Crippen LogP contribution in [0.15, 0.2) is 0 Å². The average molecular weight is 237 g/mol. The maximum absolute atomic E-state index is 11.4. The largest absolute Gasteiger partial charge is 0.213 e. The van der Waals surface area contributed by atoms with E-state index >= 15 is 0 Å². The molecule has 0 unspecified atom stereocenters. The Morgan fingerprint density at radius 1 is 1.36 bits per heavy atom. The van der Waals surface area contributed by atoms with Crippen molar-refractivity contribution < 1.29 is 8.42 Å². The van der Waals surface area contributed by atoms with Gasteiger partial charge in [0.15, 0.2) is 0 Å². The van der Waals surface area contributed by atoms with E-state index in [1.807, 2.05) is 11.8 Å². The van der Waals surface area contributed by atoms with Gasteiger partial charge < -0.3 is 0 Å². The van der Waals surface area contributed by atoms with Crippen molar-refractivity contribution in [1.29, 1.82) is 0 Å². The molecule has 0 aliphatic carbocycles. The van der Waals surface area contributed by atoms with E-state index in [9.17, 15) is 8.42 Å². The minimum Gasteiger partial charge on any atom is -0.213 e. The SMILES string of the molecule is CCC1(CC)CN(S(C)(=O)=O)CCS1. The molecule has 84 valence electrons. The fourth-order valence-corrected chi connectivity index (χ4v) is 4.27. The summed E-state index contributed by atoms with van der Waals surface area (Å²) in [5, 5.41) is 0. The number of hydrogen-bond acceptors (Lipinski definition) is 3. The molecule has 1 fully saturated rings. The van der Waals surface area contributed by atoms with E-state index in [0.717, 1.165) is 18.6 Å². The van der Waals surface area contributed by atoms with Crippen LogP contribution in [0.1, 0.15) is 26.7 Å². The first-order valence-electron chi connectivity index (χ1n) is 5.02. The fraction of sp³-hybridized carbons (Fsp3) is 1.00. The van der Waals surface area contributed by atoms with Crippen LogP contribution in [0.2, 0.25) is 0 Å². The van der Waals surface area contributed by atoms with Crippen LogP contribution in [0.25, 0.3) is 0 Å². The molecule has 3 nitrogen and oxygen atoms in total. The van der Waals surface area contributed by atoms with Crippen LogP contribution in [0.4, 0.5) is 0 Å². The van der Waals surface area contributed by atoms with Gasteiger partial charge in [0, 0.05) is 23.6 Å². The molecule has 0 aromatic rings. The second-order valence-electron chi connectivity index (χ2n) is 3.84. The zero-order chi connectivity index (χ0) is 10.8. The van der Waals surface area contributed by atoms with Gasteiger partial charge in [-0.1, -0.05) is 13.8 Å². The maximum atomic E-state index is 11.4. The van der Waals surface area contributed by atoms with Gasteiger partial charge in [0.25, 0.3) is 0 Å². The fourth-order valence-electron chi connectivity index (χ4n) is 1.77. The van der Waals surface area contributed by atoms with Crippen LogP contribution in [-0.4, -0.2) is 42.6 Å². The number of sulfonamides is 1. The van der Waals surface area contributed by atoms with Crippen LogP contribution in [0.5, 0.6) is 0 Å². The Kier molecular flexibility index (Phi) is 3.88. The molecule has 0 aromatic heterocycles. The third-order valence-corrected chi connectivity index (χ3v) is 5.93. The van der Waals surface area contributed by atoms with Gasteiger partial charge in [-0.2, -0.15) is 16.1 Å². The third-order valence-electron chi connectivity index (χ3n) is 2.97. The van der Waals surface area contributed by atoms with Gasteiger partial charge in [-0.25, -0.2) is 8.42 Å². The summed E-state index contributed by atoms with van der Waals surface area (Å²) in [6.45, 7) is 5.64. The van der Waals surface area contributed by atoms with Gasteiger partial charge in [-0.05, 0) is 12.8 Å². The van der Waals surface area contributed by atoms with Crippen molar-refractivity contribution in [3.05, 3.63) is 0 Å². The quantitative estimate of drug-likeness (QED) is 0.747. The molecule has 0 saturated carbocycles. The molecule has 1 saturated heterocycles. The Bertz CT molecular complexity index is 283. The highest BCUT2D eigenvalue weighted by Crippen LogP contribution is 2.37. The summed E-state index contributed by atoms with van der Waals surface area (Å²) in [4.78, 5) is 0. The summed E-state index contributed by atoms with van der Waals surface area (Å²) in [7, 11) is -3.00. The van der Waals surface area contributed by atoms with Gasteiger partial charge in [0.1, 0.15) is 0 Å². The van der Waals surface area contributed by atoms with E-state index in [1.54, 1.807) is 4.31 Å². The van der Waals surface area contributed by atoms with Crippen LogP contribution < -0.4 is 0 Å². The Labute approximate surface area is 91.3 Å². The number of rotatable bonds is 3. The number of thioether (sulfide) groups is 1. The summed E-state index contributed by atoms with van der Waals surface area (Å²) in [5.41, 5.74) is 0. The normalized spacial score (nSPS) is 23.6. The smallest absolute Gasteiger partial charge is 0.211 e. The molecular formula is C9H19NO2S2. The van der Waals surface area contributed by atoms with Crippen molar-refractivity contribution in [2.24, 2.45) is 0 Å². The van der Waals surface area contributed by atoms with Crippen molar-refractivity contribution in [2.75, 3.05) is 25.1 Å². The molecule has 0 spiro atoms. The van der Waals surface area contributed by atoms with Gasteiger partial charge in [-0.3, -0.25) is 0 Å². The topological polar surface area (TPSA) is 37.4 Å². The molecule has 5 heteroatoms. The molecule has 1 aliphatic heterocycles. The summed E-state index contributed by atoms with van der Waals surface area (Å²) in [5.74, 6) is 0.925. The monoisotopic (exact) mass is 237 g/mol. The van der Waals surface area contributed by atoms with Crippen molar-refractivity contribution in [2.45, 2.75) is 31.4 Å². The molecular weight excluding hydrogens is 218 g/mol. The first kappa shape index (κ1) is 12.3. The van der Waals surface area contributed by atoms with E-state index < -0.39 is 10.0 Å². The summed E-state index contributed by atoms with van der Waals surface area (Å²) < 4.78 is 24.6. The third kappa shape index (κ3) is 2.64. The van der Waals surface area contributed by atoms with E-state index in [-0.39, 0.29) is 4.75 Å². The van der Waals surface area contributed by atoms with E-state index in [1.165, 1.54) is 6.26 Å². The highest BCUT2D eigenvalue weighted by atomic mass is 32.2. The predicted molar refractivity (Wildman–Crippen MR) is 62.2 cm³/mol. The first-order valence-corrected chi connectivity index (χ1v) is 7.86. The molecule has 0 bridgehead atoms. The molecule has 1 aliphatic rings. The zero-order valence-corrected chi connectivity index (χ0v) is 10.7. The lowest BCUT2D eigenvalue weighted by Crippen LogP contribution is -2.48. The minimum absolute atomic E-state index is 0.154. The Morgan fingerprint density at radius 2 is 1.93 bits per heavy atom. The lowest BCUT2D eigenvalue weighted by Gasteiger charge is -2.40. The molecule has 1 rings (SSSR count). The number of hydrogen-bond donors (Lipinski definition) is 0. The predicted octanol–water partition coefficient (Wildman–Crippen LogP) is 1.55. The minimum atomic E-state index is -3.00. The van der Waals surface area contributed by atoms with E-state index in [0.29, 0.717) is 13.1 Å². The molecule has 0 radical (unpaired) electrons. The average Bonchev–Trinajstić information content (AvgIpc) is 2.16. The van der Waals surface area contributed by atoms with Crippen LogP contribution in [0, 0.1) is 0 Å². The van der Waals surface area contributed by atoms with Crippen LogP contribution in [0.3, 0.4) is 0 Å². The second kappa shape index (κ2) is 4.41. The maximum Gasteiger partial charge on any atom is 0.211 e. The van der Waals surface area contributed by atoms with Gasteiger partial charge in [0.2, 0.25) is 10.0 Å². The van der Waals surface area contributed by atoms with Gasteiger partial charge in [-0.15, -0.1) is 0 Å². The molecule has 0 atom stereocenters. The highest BCUT2D eigenvalue weighted by Gasteiger charge is 2.36. The Balaban J connectivity index is 2.78. The summed E-state index contributed by atoms with van der Waals surface area (Å²) >= 11 is 1.92. The van der Waals surface area contributed by atoms with E-state index in [2.05, 4.69) is 13.8 Å². The molecule has 0 N–H and O–H groups in total. The highest BCUT2D eigenvalue weighted by molar-refractivity contribution is 8.00. The lowest BCUT2D eigenvalue weighted by atomic mass is 10.0. The second-order valence-corrected chi connectivity index (χ2v) is 7.38. The van der Waals surface area contributed by atoms with Crippen molar-refractivity contribution in [3.8, 4) is 0 Å². The zero-order valence-electron chi connectivity index (χ0n) is 9.12.